The van der Waals surface area contributed by atoms with Gasteiger partial charge in [0.2, 0.25) is 5.91 Å². The Hall–Kier alpha value is -1.88. The van der Waals surface area contributed by atoms with Crippen LogP contribution in [0.5, 0.6) is 0 Å². The Morgan fingerprint density at radius 2 is 1.94 bits per heavy atom. The van der Waals surface area contributed by atoms with Gasteiger partial charge in [0.25, 0.3) is 5.91 Å². The first-order valence-corrected chi connectivity index (χ1v) is 5.94. The number of anilines is 1. The maximum absolute atomic E-state index is 11.9. The van der Waals surface area contributed by atoms with Crippen LogP contribution in [-0.2, 0) is 4.79 Å². The van der Waals surface area contributed by atoms with Crippen LogP contribution in [0.15, 0.2) is 24.3 Å². The quantitative estimate of drug-likeness (QED) is 0.727. The highest BCUT2D eigenvalue weighted by Crippen LogP contribution is 2.15. The van der Waals surface area contributed by atoms with Crippen molar-refractivity contribution in [3.8, 4) is 0 Å². The van der Waals surface area contributed by atoms with E-state index >= 15 is 0 Å². The van der Waals surface area contributed by atoms with Crippen molar-refractivity contribution >= 4 is 17.5 Å². The molecule has 0 bridgehead atoms. The van der Waals surface area contributed by atoms with Crippen molar-refractivity contribution in [1.29, 1.82) is 0 Å². The number of hydrogen-bond donors (Lipinski definition) is 3. The summed E-state index contributed by atoms with van der Waals surface area (Å²) in [5, 5.41) is 5.41. The van der Waals surface area contributed by atoms with Gasteiger partial charge in [-0.25, -0.2) is 0 Å². The van der Waals surface area contributed by atoms with E-state index in [9.17, 15) is 9.59 Å². The number of carbonyl (C=O) groups excluding carboxylic acids is 2. The van der Waals surface area contributed by atoms with Gasteiger partial charge in [-0.05, 0) is 12.1 Å². The Kier molecular flexibility index (Phi) is 5.32. The normalized spacial score (nSPS) is 10.2. The zero-order valence-corrected chi connectivity index (χ0v) is 10.7. The first-order valence-electron chi connectivity index (χ1n) is 5.94. The minimum absolute atomic E-state index is 0.117. The molecule has 4 N–H and O–H groups in total. The molecular weight excluding hydrogens is 230 g/mol. The highest BCUT2D eigenvalue weighted by Gasteiger charge is 2.13. The van der Waals surface area contributed by atoms with E-state index in [4.69, 9.17) is 5.73 Å². The minimum Gasteiger partial charge on any atom is -0.351 e. The number of para-hydroxylation sites is 1. The third kappa shape index (κ3) is 3.85. The third-order valence-corrected chi connectivity index (χ3v) is 2.38. The van der Waals surface area contributed by atoms with Gasteiger partial charge < -0.3 is 16.4 Å². The average Bonchev–Trinajstić information content (AvgIpc) is 2.36. The second kappa shape index (κ2) is 6.76. The number of nitrogens with one attached hydrogen (secondary N) is 2. The van der Waals surface area contributed by atoms with Gasteiger partial charge >= 0.3 is 0 Å². The summed E-state index contributed by atoms with van der Waals surface area (Å²) < 4.78 is 0. The van der Waals surface area contributed by atoms with Crippen LogP contribution in [-0.4, -0.2) is 24.9 Å². The van der Waals surface area contributed by atoms with E-state index in [1.807, 2.05) is 0 Å². The fourth-order valence-electron chi connectivity index (χ4n) is 1.35. The van der Waals surface area contributed by atoms with Crippen LogP contribution in [0.2, 0.25) is 0 Å². The molecule has 0 aliphatic heterocycles. The van der Waals surface area contributed by atoms with Crippen LogP contribution in [0.4, 0.5) is 5.69 Å². The maximum Gasteiger partial charge on any atom is 0.253 e. The van der Waals surface area contributed by atoms with Crippen molar-refractivity contribution in [1.82, 2.24) is 5.32 Å². The fraction of sp³-hybridized carbons (Fsp3) is 0.385. The highest BCUT2D eigenvalue weighted by atomic mass is 16.2. The van der Waals surface area contributed by atoms with E-state index in [2.05, 4.69) is 10.6 Å². The number of hydrogen-bond acceptors (Lipinski definition) is 3. The van der Waals surface area contributed by atoms with E-state index in [1.165, 1.54) is 0 Å². The van der Waals surface area contributed by atoms with E-state index < -0.39 is 0 Å². The Balaban J connectivity index is 2.85. The molecule has 98 valence electrons. The predicted octanol–water partition coefficient (Wildman–Crippen LogP) is 0.970. The number of carbonyl (C=O) groups is 2. The Bertz CT molecular complexity index is 430. The van der Waals surface area contributed by atoms with Gasteiger partial charge in [-0.15, -0.1) is 0 Å². The molecule has 5 heteroatoms. The summed E-state index contributed by atoms with van der Waals surface area (Å²) in [5.74, 6) is -0.487. The Morgan fingerprint density at radius 1 is 1.28 bits per heavy atom. The zero-order chi connectivity index (χ0) is 13.5. The minimum atomic E-state index is -0.236. The number of nitrogens with two attached hydrogens (primary N) is 1. The first kappa shape index (κ1) is 14.2. The van der Waals surface area contributed by atoms with Crippen molar-refractivity contribution in [2.24, 2.45) is 11.7 Å². The molecule has 0 atom stereocenters. The standard InChI is InChI=1S/C13H19N3O2/c1-9(2)12(17)16-11-6-4-3-5-10(11)13(18)15-8-7-14/h3-6,9H,7-8,14H2,1-2H3,(H,15,18)(H,16,17). The molecule has 0 saturated carbocycles. The lowest BCUT2D eigenvalue weighted by Crippen LogP contribution is -2.30. The van der Waals surface area contributed by atoms with Crippen molar-refractivity contribution < 1.29 is 9.59 Å². The van der Waals surface area contributed by atoms with Crippen LogP contribution in [0, 0.1) is 5.92 Å². The summed E-state index contributed by atoms with van der Waals surface area (Å²) in [7, 11) is 0. The summed E-state index contributed by atoms with van der Waals surface area (Å²) in [6.45, 7) is 4.39. The van der Waals surface area contributed by atoms with Gasteiger partial charge in [0.1, 0.15) is 0 Å². The molecule has 0 radical (unpaired) electrons. The largest absolute Gasteiger partial charge is 0.351 e. The molecule has 1 aromatic carbocycles. The van der Waals surface area contributed by atoms with E-state index in [0.717, 1.165) is 0 Å². The molecule has 2 amide bonds. The molecule has 0 aromatic heterocycles. The van der Waals surface area contributed by atoms with E-state index in [-0.39, 0.29) is 17.7 Å². The van der Waals surface area contributed by atoms with Crippen LogP contribution >= 0.6 is 0 Å². The van der Waals surface area contributed by atoms with Gasteiger partial charge in [-0.2, -0.15) is 0 Å². The summed E-state index contributed by atoms with van der Waals surface area (Å²) in [4.78, 5) is 23.5. The van der Waals surface area contributed by atoms with Gasteiger partial charge in [-0.3, -0.25) is 9.59 Å². The van der Waals surface area contributed by atoms with Gasteiger partial charge in [-0.1, -0.05) is 26.0 Å². The first-order chi connectivity index (χ1) is 8.56. The Labute approximate surface area is 107 Å². The molecule has 5 nitrogen and oxygen atoms in total. The highest BCUT2D eigenvalue weighted by molar-refractivity contribution is 6.04. The third-order valence-electron chi connectivity index (χ3n) is 2.38. The smallest absolute Gasteiger partial charge is 0.253 e. The lowest BCUT2D eigenvalue weighted by atomic mass is 10.1. The molecule has 1 aromatic rings. The average molecular weight is 249 g/mol. The summed E-state index contributed by atoms with van der Waals surface area (Å²) in [6.07, 6.45) is 0. The number of benzene rings is 1. The van der Waals surface area contributed by atoms with Gasteiger partial charge in [0.05, 0.1) is 11.3 Å². The van der Waals surface area contributed by atoms with E-state index in [0.29, 0.717) is 24.3 Å². The topological polar surface area (TPSA) is 84.2 Å². The van der Waals surface area contributed by atoms with Crippen molar-refractivity contribution in [2.75, 3.05) is 18.4 Å². The predicted molar refractivity (Wildman–Crippen MR) is 71.3 cm³/mol. The van der Waals surface area contributed by atoms with Crippen LogP contribution in [0.25, 0.3) is 0 Å². The fourth-order valence-corrected chi connectivity index (χ4v) is 1.35. The molecule has 0 saturated heterocycles. The van der Waals surface area contributed by atoms with Gasteiger partial charge in [0, 0.05) is 19.0 Å². The summed E-state index contributed by atoms with van der Waals surface area (Å²) in [6, 6.07) is 6.90. The molecule has 0 fully saturated rings. The Morgan fingerprint density at radius 3 is 2.56 bits per heavy atom. The number of amides is 2. The molecule has 0 heterocycles. The van der Waals surface area contributed by atoms with E-state index in [1.54, 1.807) is 38.1 Å². The molecule has 0 unspecified atom stereocenters. The molecule has 0 aliphatic rings. The van der Waals surface area contributed by atoms with Crippen LogP contribution in [0.1, 0.15) is 24.2 Å². The second-order valence-corrected chi connectivity index (χ2v) is 4.23. The lowest BCUT2D eigenvalue weighted by molar-refractivity contribution is -0.118. The monoisotopic (exact) mass is 249 g/mol. The second-order valence-electron chi connectivity index (χ2n) is 4.23. The van der Waals surface area contributed by atoms with Crippen LogP contribution in [0.3, 0.4) is 0 Å². The molecule has 0 aliphatic carbocycles. The molecule has 0 spiro atoms. The van der Waals surface area contributed by atoms with Crippen molar-refractivity contribution in [2.45, 2.75) is 13.8 Å². The van der Waals surface area contributed by atoms with Gasteiger partial charge in [0.15, 0.2) is 0 Å². The lowest BCUT2D eigenvalue weighted by Gasteiger charge is -2.12. The molecule has 18 heavy (non-hydrogen) atoms. The SMILES string of the molecule is CC(C)C(=O)Nc1ccccc1C(=O)NCCN. The summed E-state index contributed by atoms with van der Waals surface area (Å²) in [5.41, 5.74) is 6.29. The van der Waals surface area contributed by atoms with Crippen molar-refractivity contribution in [3.05, 3.63) is 29.8 Å². The molecule has 1 rings (SSSR count). The maximum atomic E-state index is 11.9. The van der Waals surface area contributed by atoms with Crippen LogP contribution < -0.4 is 16.4 Å². The zero-order valence-electron chi connectivity index (χ0n) is 10.7. The number of rotatable bonds is 5. The molecular formula is C13H19N3O2. The van der Waals surface area contributed by atoms with Crippen molar-refractivity contribution in [3.63, 3.8) is 0 Å². The summed E-state index contributed by atoms with van der Waals surface area (Å²) >= 11 is 0.